The summed E-state index contributed by atoms with van der Waals surface area (Å²) in [6.45, 7) is 0.661. The fourth-order valence-electron chi connectivity index (χ4n) is 5.26. The number of ether oxygens (including phenoxy) is 2. The number of carbonyl (C=O) groups excluding carboxylic acids is 2. The van der Waals surface area contributed by atoms with Gasteiger partial charge in [-0.25, -0.2) is 4.79 Å². The van der Waals surface area contributed by atoms with Gasteiger partial charge in [0.25, 0.3) is 5.91 Å². The van der Waals surface area contributed by atoms with Crippen molar-refractivity contribution in [2.75, 3.05) is 26.8 Å². The zero-order valence-electron chi connectivity index (χ0n) is 19.9. The summed E-state index contributed by atoms with van der Waals surface area (Å²) >= 11 is 0. The summed E-state index contributed by atoms with van der Waals surface area (Å²) in [4.78, 5) is 35.8. The topological polar surface area (TPSA) is 114 Å². The lowest BCUT2D eigenvalue weighted by molar-refractivity contribution is -0.138. The van der Waals surface area contributed by atoms with Gasteiger partial charge in [-0.2, -0.15) is 0 Å². The van der Waals surface area contributed by atoms with Crippen LogP contribution in [-0.4, -0.2) is 56.0 Å². The van der Waals surface area contributed by atoms with Crippen molar-refractivity contribution in [1.82, 2.24) is 10.6 Å². The second-order valence-corrected chi connectivity index (χ2v) is 9.32. The summed E-state index contributed by atoms with van der Waals surface area (Å²) < 4.78 is 10.8. The van der Waals surface area contributed by atoms with Crippen molar-refractivity contribution in [2.45, 2.75) is 37.7 Å². The normalized spacial score (nSPS) is 19.5. The van der Waals surface area contributed by atoms with E-state index in [1.54, 1.807) is 0 Å². The molecule has 0 aliphatic heterocycles. The van der Waals surface area contributed by atoms with E-state index in [0.717, 1.165) is 41.5 Å². The Hall–Kier alpha value is -3.39. The van der Waals surface area contributed by atoms with Gasteiger partial charge < -0.3 is 25.2 Å². The van der Waals surface area contributed by atoms with Crippen LogP contribution in [0.3, 0.4) is 0 Å². The van der Waals surface area contributed by atoms with E-state index in [-0.39, 0.29) is 43.2 Å². The summed E-state index contributed by atoms with van der Waals surface area (Å²) in [5, 5.41) is 14.4. The van der Waals surface area contributed by atoms with Gasteiger partial charge in [-0.1, -0.05) is 48.5 Å². The fourth-order valence-corrected chi connectivity index (χ4v) is 5.26. The highest BCUT2D eigenvalue weighted by Gasteiger charge is 2.30. The summed E-state index contributed by atoms with van der Waals surface area (Å²) in [6.07, 6.45) is 1.29. The van der Waals surface area contributed by atoms with Gasteiger partial charge >= 0.3 is 12.1 Å². The monoisotopic (exact) mass is 480 g/mol. The van der Waals surface area contributed by atoms with Crippen molar-refractivity contribution >= 4 is 18.0 Å². The van der Waals surface area contributed by atoms with E-state index in [1.807, 2.05) is 24.3 Å². The zero-order chi connectivity index (χ0) is 24.8. The largest absolute Gasteiger partial charge is 0.481 e. The van der Waals surface area contributed by atoms with Gasteiger partial charge in [-0.05, 0) is 53.4 Å². The third-order valence-electron chi connectivity index (χ3n) is 7.03. The molecule has 1 fully saturated rings. The van der Waals surface area contributed by atoms with Crippen molar-refractivity contribution in [1.29, 1.82) is 0 Å². The predicted molar refractivity (Wildman–Crippen MR) is 130 cm³/mol. The first kappa shape index (κ1) is 24.7. The second kappa shape index (κ2) is 11.4. The van der Waals surface area contributed by atoms with E-state index in [9.17, 15) is 14.4 Å². The highest BCUT2D eigenvalue weighted by molar-refractivity contribution is 5.82. The molecule has 0 spiro atoms. The van der Waals surface area contributed by atoms with Crippen molar-refractivity contribution in [3.8, 4) is 11.1 Å². The van der Waals surface area contributed by atoms with Gasteiger partial charge in [0.2, 0.25) is 0 Å². The Morgan fingerprint density at radius 3 is 2.23 bits per heavy atom. The molecule has 2 amide bonds. The maximum atomic E-state index is 12.5. The molecule has 8 nitrogen and oxygen atoms in total. The van der Waals surface area contributed by atoms with Crippen molar-refractivity contribution in [3.63, 3.8) is 0 Å². The number of carboxylic acids is 1. The number of aliphatic carboxylic acids is 1. The third kappa shape index (κ3) is 6.00. The molecule has 1 saturated carbocycles. The standard InChI is InChI=1S/C27H32N2O6/c1-34-24(26(32)28-14-18-11-10-17(12-18)13-25(30)31)15-29-27(33)35-16-23-21-8-4-2-6-19(21)20-7-3-5-9-22(20)23/h2-9,17-18,23-24H,10-16H2,1H3,(H,28,32)(H,29,33)(H,30,31). The van der Waals surface area contributed by atoms with Crippen LogP contribution in [0.5, 0.6) is 0 Å². The van der Waals surface area contributed by atoms with Gasteiger partial charge in [0, 0.05) is 26.0 Å². The molecular weight excluding hydrogens is 448 g/mol. The van der Waals surface area contributed by atoms with Crippen LogP contribution in [0, 0.1) is 11.8 Å². The quantitative estimate of drug-likeness (QED) is 0.479. The molecule has 0 heterocycles. The number of alkyl carbamates (subject to hydrolysis) is 1. The van der Waals surface area contributed by atoms with Gasteiger partial charge in [0.1, 0.15) is 6.61 Å². The van der Waals surface area contributed by atoms with Crippen molar-refractivity contribution in [2.24, 2.45) is 11.8 Å². The average Bonchev–Trinajstić information content (AvgIpc) is 3.43. The van der Waals surface area contributed by atoms with Gasteiger partial charge in [0.15, 0.2) is 6.10 Å². The first-order valence-electron chi connectivity index (χ1n) is 12.1. The molecule has 0 saturated heterocycles. The molecule has 0 radical (unpaired) electrons. The number of carboxylic acid groups (broad SMARTS) is 1. The Labute approximate surface area is 205 Å². The Balaban J connectivity index is 1.22. The molecule has 3 N–H and O–H groups in total. The molecule has 3 atom stereocenters. The Morgan fingerprint density at radius 1 is 0.971 bits per heavy atom. The van der Waals surface area contributed by atoms with Crippen LogP contribution in [0.15, 0.2) is 48.5 Å². The third-order valence-corrected chi connectivity index (χ3v) is 7.03. The minimum absolute atomic E-state index is 0.00862. The first-order valence-corrected chi connectivity index (χ1v) is 12.1. The molecule has 0 bridgehead atoms. The number of amides is 2. The maximum Gasteiger partial charge on any atom is 0.407 e. The molecule has 3 unspecified atom stereocenters. The molecule has 0 aromatic heterocycles. The molecule has 2 aromatic carbocycles. The number of hydrogen-bond acceptors (Lipinski definition) is 5. The molecule has 2 aromatic rings. The van der Waals surface area contributed by atoms with Crippen molar-refractivity contribution < 1.29 is 29.0 Å². The molecule has 2 aliphatic carbocycles. The van der Waals surface area contributed by atoms with E-state index < -0.39 is 18.2 Å². The number of carbonyl (C=O) groups is 3. The van der Waals surface area contributed by atoms with E-state index in [4.69, 9.17) is 14.6 Å². The zero-order valence-corrected chi connectivity index (χ0v) is 19.9. The molecule has 2 aliphatic rings. The van der Waals surface area contributed by atoms with Crippen LogP contribution in [0.2, 0.25) is 0 Å². The molecular formula is C27H32N2O6. The van der Waals surface area contributed by atoms with Gasteiger partial charge in [-0.15, -0.1) is 0 Å². The van der Waals surface area contributed by atoms with Gasteiger partial charge in [-0.3, -0.25) is 9.59 Å². The van der Waals surface area contributed by atoms with Crippen LogP contribution in [0.4, 0.5) is 4.79 Å². The summed E-state index contributed by atoms with van der Waals surface area (Å²) in [5.41, 5.74) is 4.58. The summed E-state index contributed by atoms with van der Waals surface area (Å²) in [5.74, 6) is -0.698. The highest BCUT2D eigenvalue weighted by atomic mass is 16.5. The smallest absolute Gasteiger partial charge is 0.407 e. The SMILES string of the molecule is COC(CNC(=O)OCC1c2ccccc2-c2ccccc21)C(=O)NCC1CCC(CC(=O)O)C1. The van der Waals surface area contributed by atoms with Crippen LogP contribution >= 0.6 is 0 Å². The van der Waals surface area contributed by atoms with Crippen LogP contribution in [-0.2, 0) is 19.1 Å². The Morgan fingerprint density at radius 2 is 1.60 bits per heavy atom. The van der Waals surface area contributed by atoms with Gasteiger partial charge in [0.05, 0.1) is 6.54 Å². The molecule has 186 valence electrons. The van der Waals surface area contributed by atoms with Crippen LogP contribution in [0.25, 0.3) is 11.1 Å². The lowest BCUT2D eigenvalue weighted by Crippen LogP contribution is -2.45. The number of rotatable bonds is 10. The second-order valence-electron chi connectivity index (χ2n) is 9.32. The van der Waals surface area contributed by atoms with Crippen LogP contribution < -0.4 is 10.6 Å². The lowest BCUT2D eigenvalue weighted by atomic mass is 9.98. The van der Waals surface area contributed by atoms with Crippen LogP contribution in [0.1, 0.15) is 42.7 Å². The summed E-state index contributed by atoms with van der Waals surface area (Å²) in [7, 11) is 1.42. The number of nitrogens with one attached hydrogen (secondary N) is 2. The lowest BCUT2D eigenvalue weighted by Gasteiger charge is -2.19. The highest BCUT2D eigenvalue weighted by Crippen LogP contribution is 2.44. The number of methoxy groups -OCH3 is 1. The maximum absolute atomic E-state index is 12.5. The van der Waals surface area contributed by atoms with E-state index in [0.29, 0.717) is 6.54 Å². The Bertz CT molecular complexity index is 1030. The Kier molecular flexibility index (Phi) is 8.02. The minimum Gasteiger partial charge on any atom is -0.481 e. The fraction of sp³-hybridized carbons (Fsp3) is 0.444. The first-order chi connectivity index (χ1) is 17.0. The molecule has 35 heavy (non-hydrogen) atoms. The number of fused-ring (bicyclic) bond motifs is 3. The average molecular weight is 481 g/mol. The number of hydrogen-bond donors (Lipinski definition) is 3. The van der Waals surface area contributed by atoms with E-state index in [2.05, 4.69) is 34.9 Å². The molecule has 8 heteroatoms. The predicted octanol–water partition coefficient (Wildman–Crippen LogP) is 3.55. The summed E-state index contributed by atoms with van der Waals surface area (Å²) in [6, 6.07) is 16.2. The number of benzene rings is 2. The van der Waals surface area contributed by atoms with E-state index >= 15 is 0 Å². The van der Waals surface area contributed by atoms with E-state index in [1.165, 1.54) is 7.11 Å². The van der Waals surface area contributed by atoms with Crippen molar-refractivity contribution in [3.05, 3.63) is 59.7 Å². The minimum atomic E-state index is -0.841. The molecule has 4 rings (SSSR count).